The molecular formula is C25H26N2O5. The number of alkyl carbamates (subject to hydrolysis) is 1. The molecule has 1 N–H and O–H groups in total. The van der Waals surface area contributed by atoms with Crippen LogP contribution in [-0.2, 0) is 22.4 Å². The maximum atomic E-state index is 11.5. The molecule has 0 spiro atoms. The number of carbonyl (C=O) groups excluding carboxylic acids is 2. The van der Waals surface area contributed by atoms with E-state index in [1.807, 2.05) is 61.5 Å². The maximum absolute atomic E-state index is 11.5. The average molecular weight is 434 g/mol. The van der Waals surface area contributed by atoms with E-state index in [1.165, 1.54) is 5.56 Å². The van der Waals surface area contributed by atoms with E-state index in [2.05, 4.69) is 10.3 Å². The summed E-state index contributed by atoms with van der Waals surface area (Å²) in [5, 5.41) is 2.15. The predicted octanol–water partition coefficient (Wildman–Crippen LogP) is 4.62. The number of nitrogens with one attached hydrogen (secondary N) is 1. The number of imide groups is 1. The van der Waals surface area contributed by atoms with Crippen molar-refractivity contribution >= 4 is 12.0 Å². The lowest BCUT2D eigenvalue weighted by Crippen LogP contribution is -2.24. The normalized spacial score (nSPS) is 15.5. The van der Waals surface area contributed by atoms with Gasteiger partial charge in [-0.05, 0) is 62.4 Å². The maximum Gasteiger partial charge on any atom is 0.414 e. The molecular weight excluding hydrogens is 408 g/mol. The average Bonchev–Trinajstić information content (AvgIpc) is 3.33. The van der Waals surface area contributed by atoms with Gasteiger partial charge in [-0.2, -0.15) is 0 Å². The van der Waals surface area contributed by atoms with E-state index in [-0.39, 0.29) is 5.91 Å². The fraction of sp³-hybridized carbons (Fsp3) is 0.320. The summed E-state index contributed by atoms with van der Waals surface area (Å²) in [7, 11) is 0. The van der Waals surface area contributed by atoms with Gasteiger partial charge in [0.2, 0.25) is 5.89 Å². The summed E-state index contributed by atoms with van der Waals surface area (Å²) in [6.07, 6.45) is 2.54. The lowest BCUT2D eigenvalue weighted by Gasteiger charge is -2.08. The van der Waals surface area contributed by atoms with Crippen molar-refractivity contribution in [2.75, 3.05) is 6.61 Å². The van der Waals surface area contributed by atoms with Crippen LogP contribution in [0, 0.1) is 6.92 Å². The third-order valence-corrected chi connectivity index (χ3v) is 5.39. The summed E-state index contributed by atoms with van der Waals surface area (Å²) < 4.78 is 16.6. The molecule has 166 valence electrons. The minimum atomic E-state index is -0.647. The molecule has 1 atom stereocenters. The quantitative estimate of drug-likeness (QED) is 0.468. The molecule has 2 aromatic carbocycles. The van der Waals surface area contributed by atoms with Crippen molar-refractivity contribution in [1.29, 1.82) is 0 Å². The summed E-state index contributed by atoms with van der Waals surface area (Å²) in [5.74, 6) is 1.92. The number of hydrogen-bond donors (Lipinski definition) is 1. The van der Waals surface area contributed by atoms with Gasteiger partial charge in [-0.3, -0.25) is 10.1 Å². The molecule has 1 saturated heterocycles. The van der Waals surface area contributed by atoms with Crippen LogP contribution in [0.2, 0.25) is 0 Å². The van der Waals surface area contributed by atoms with Crippen LogP contribution in [-0.4, -0.2) is 29.7 Å². The molecule has 1 aliphatic rings. The summed E-state index contributed by atoms with van der Waals surface area (Å²) in [5.41, 5.74) is 3.07. The molecule has 2 amide bonds. The lowest BCUT2D eigenvalue weighted by molar-refractivity contribution is -0.123. The van der Waals surface area contributed by atoms with Gasteiger partial charge >= 0.3 is 6.09 Å². The number of amides is 2. The first-order valence-electron chi connectivity index (χ1n) is 10.8. The van der Waals surface area contributed by atoms with E-state index < -0.39 is 12.2 Å². The SMILES string of the molecule is Cc1oc(-c2ccccc2)nc1CCOc1ccc(CCCCC2OC(=O)NC2=O)cc1. The Balaban J connectivity index is 1.19. The van der Waals surface area contributed by atoms with Gasteiger partial charge in [-0.25, -0.2) is 9.78 Å². The van der Waals surface area contributed by atoms with Gasteiger partial charge < -0.3 is 13.9 Å². The van der Waals surface area contributed by atoms with E-state index in [0.717, 1.165) is 42.0 Å². The van der Waals surface area contributed by atoms with Crippen LogP contribution in [0.4, 0.5) is 4.79 Å². The Bertz CT molecular complexity index is 1060. The molecule has 32 heavy (non-hydrogen) atoms. The van der Waals surface area contributed by atoms with Gasteiger partial charge in [0.05, 0.1) is 12.3 Å². The molecule has 1 aliphatic heterocycles. The third-order valence-electron chi connectivity index (χ3n) is 5.39. The number of unbranched alkanes of at least 4 members (excludes halogenated alkanes) is 1. The van der Waals surface area contributed by atoms with Crippen molar-refractivity contribution < 1.29 is 23.5 Å². The van der Waals surface area contributed by atoms with E-state index in [0.29, 0.717) is 25.3 Å². The molecule has 0 saturated carbocycles. The second-order valence-corrected chi connectivity index (χ2v) is 7.76. The molecule has 1 unspecified atom stereocenters. The Hall–Kier alpha value is -3.61. The molecule has 2 heterocycles. The van der Waals surface area contributed by atoms with Gasteiger partial charge in [-0.1, -0.05) is 30.3 Å². The number of ether oxygens (including phenoxy) is 2. The topological polar surface area (TPSA) is 90.7 Å². The number of aromatic nitrogens is 1. The van der Waals surface area contributed by atoms with Crippen molar-refractivity contribution in [3.63, 3.8) is 0 Å². The number of hydrogen-bond acceptors (Lipinski definition) is 6. The minimum absolute atomic E-state index is 0.339. The van der Waals surface area contributed by atoms with E-state index >= 15 is 0 Å². The Morgan fingerprint density at radius 1 is 1.00 bits per heavy atom. The van der Waals surface area contributed by atoms with Crippen molar-refractivity contribution in [1.82, 2.24) is 10.3 Å². The largest absolute Gasteiger partial charge is 0.493 e. The Morgan fingerprint density at radius 2 is 1.78 bits per heavy atom. The Labute approximate surface area is 186 Å². The van der Waals surface area contributed by atoms with Crippen molar-refractivity contribution in [3.05, 3.63) is 71.6 Å². The van der Waals surface area contributed by atoms with Crippen LogP contribution in [0.15, 0.2) is 59.0 Å². The molecule has 0 radical (unpaired) electrons. The number of aryl methyl sites for hydroxylation is 2. The van der Waals surface area contributed by atoms with Gasteiger partial charge in [0.25, 0.3) is 5.91 Å². The predicted molar refractivity (Wildman–Crippen MR) is 118 cm³/mol. The monoisotopic (exact) mass is 434 g/mol. The molecule has 0 bridgehead atoms. The van der Waals surface area contributed by atoms with Gasteiger partial charge in [0.15, 0.2) is 6.10 Å². The summed E-state index contributed by atoms with van der Waals surface area (Å²) >= 11 is 0. The number of carbonyl (C=O) groups is 2. The molecule has 4 rings (SSSR count). The highest BCUT2D eigenvalue weighted by molar-refractivity contribution is 5.99. The first kappa shape index (κ1) is 21.6. The molecule has 1 aromatic heterocycles. The number of cyclic esters (lactones) is 1. The fourth-order valence-corrected chi connectivity index (χ4v) is 3.62. The van der Waals surface area contributed by atoms with Crippen LogP contribution < -0.4 is 10.1 Å². The first-order chi connectivity index (χ1) is 15.6. The Morgan fingerprint density at radius 3 is 2.50 bits per heavy atom. The zero-order valence-electron chi connectivity index (χ0n) is 18.0. The van der Waals surface area contributed by atoms with Crippen LogP contribution in [0.3, 0.4) is 0 Å². The highest BCUT2D eigenvalue weighted by atomic mass is 16.6. The first-order valence-corrected chi connectivity index (χ1v) is 10.8. The highest BCUT2D eigenvalue weighted by Gasteiger charge is 2.31. The standard InChI is InChI=1S/C25H26N2O5/c1-17-21(26-24(31-17)19-8-3-2-4-9-19)15-16-30-20-13-11-18(12-14-20)7-5-6-10-22-23(28)27-25(29)32-22/h2-4,8-9,11-14,22H,5-7,10,15-16H2,1H3,(H,27,28,29). The minimum Gasteiger partial charge on any atom is -0.493 e. The molecule has 7 nitrogen and oxygen atoms in total. The van der Waals surface area contributed by atoms with E-state index in [4.69, 9.17) is 13.9 Å². The molecule has 1 fully saturated rings. The van der Waals surface area contributed by atoms with Crippen molar-refractivity contribution in [2.24, 2.45) is 0 Å². The highest BCUT2D eigenvalue weighted by Crippen LogP contribution is 2.22. The molecule has 7 heteroatoms. The zero-order valence-corrected chi connectivity index (χ0v) is 18.0. The van der Waals surface area contributed by atoms with Gasteiger partial charge in [-0.15, -0.1) is 0 Å². The number of oxazole rings is 1. The number of rotatable bonds is 10. The smallest absolute Gasteiger partial charge is 0.414 e. The molecule has 3 aromatic rings. The van der Waals surface area contributed by atoms with E-state index in [1.54, 1.807) is 0 Å². The second-order valence-electron chi connectivity index (χ2n) is 7.76. The number of benzene rings is 2. The van der Waals surface area contributed by atoms with Gasteiger partial charge in [0.1, 0.15) is 11.5 Å². The fourth-order valence-electron chi connectivity index (χ4n) is 3.62. The van der Waals surface area contributed by atoms with Crippen LogP contribution in [0.25, 0.3) is 11.5 Å². The van der Waals surface area contributed by atoms with Crippen molar-refractivity contribution in [2.45, 2.75) is 45.1 Å². The summed E-state index contributed by atoms with van der Waals surface area (Å²) in [4.78, 5) is 27.1. The summed E-state index contributed by atoms with van der Waals surface area (Å²) in [6.45, 7) is 2.44. The number of nitrogens with zero attached hydrogens (tertiary/aromatic N) is 1. The second kappa shape index (κ2) is 10.1. The summed E-state index contributed by atoms with van der Waals surface area (Å²) in [6, 6.07) is 17.9. The van der Waals surface area contributed by atoms with Crippen LogP contribution in [0.5, 0.6) is 5.75 Å². The van der Waals surface area contributed by atoms with Crippen LogP contribution in [0.1, 0.15) is 36.3 Å². The lowest BCUT2D eigenvalue weighted by atomic mass is 10.0. The Kier molecular flexibility index (Phi) is 6.84. The van der Waals surface area contributed by atoms with Gasteiger partial charge in [0, 0.05) is 12.0 Å². The van der Waals surface area contributed by atoms with E-state index in [9.17, 15) is 9.59 Å². The van der Waals surface area contributed by atoms with Crippen LogP contribution >= 0.6 is 0 Å². The zero-order chi connectivity index (χ0) is 22.3. The van der Waals surface area contributed by atoms with Crippen molar-refractivity contribution in [3.8, 4) is 17.2 Å². The third kappa shape index (κ3) is 5.55. The molecule has 0 aliphatic carbocycles.